The van der Waals surface area contributed by atoms with Gasteiger partial charge in [0.15, 0.2) is 0 Å². The lowest BCUT2D eigenvalue weighted by molar-refractivity contribution is -0.138. The Morgan fingerprint density at radius 1 is 1.47 bits per heavy atom. The summed E-state index contributed by atoms with van der Waals surface area (Å²) in [5.41, 5.74) is 0. The standard InChI is InChI=1S/C11H20N2O2/c1-3-10(2)13-6-4-5-12(7-8-13)9-11(14)15/h3,10H,1,4-9H2,2H3,(H,14,15). The van der Waals surface area contributed by atoms with Crippen molar-refractivity contribution >= 4 is 5.97 Å². The number of rotatable bonds is 4. The van der Waals surface area contributed by atoms with Crippen molar-refractivity contribution in [1.82, 2.24) is 9.80 Å². The predicted octanol–water partition coefficient (Wildman–Crippen LogP) is 0.653. The van der Waals surface area contributed by atoms with Crippen LogP contribution >= 0.6 is 0 Å². The first-order valence-electron chi connectivity index (χ1n) is 5.44. The molecular formula is C11H20N2O2. The molecule has 1 saturated heterocycles. The monoisotopic (exact) mass is 212 g/mol. The smallest absolute Gasteiger partial charge is 0.317 e. The summed E-state index contributed by atoms with van der Waals surface area (Å²) in [5.74, 6) is -0.736. The first-order valence-corrected chi connectivity index (χ1v) is 5.44. The highest BCUT2D eigenvalue weighted by Crippen LogP contribution is 2.07. The molecule has 1 fully saturated rings. The van der Waals surface area contributed by atoms with E-state index in [1.807, 2.05) is 11.0 Å². The molecule has 1 aliphatic heterocycles. The van der Waals surface area contributed by atoms with Gasteiger partial charge < -0.3 is 5.11 Å². The summed E-state index contributed by atoms with van der Waals surface area (Å²) in [6.07, 6.45) is 2.97. The normalized spacial score (nSPS) is 21.9. The van der Waals surface area contributed by atoms with Gasteiger partial charge in [-0.2, -0.15) is 0 Å². The second-order valence-corrected chi connectivity index (χ2v) is 4.04. The molecular weight excluding hydrogens is 192 g/mol. The highest BCUT2D eigenvalue weighted by molar-refractivity contribution is 5.69. The quantitative estimate of drug-likeness (QED) is 0.695. The lowest BCUT2D eigenvalue weighted by Gasteiger charge is -2.25. The molecule has 4 heteroatoms. The molecule has 1 unspecified atom stereocenters. The van der Waals surface area contributed by atoms with E-state index >= 15 is 0 Å². The minimum absolute atomic E-state index is 0.163. The molecule has 0 aliphatic carbocycles. The summed E-state index contributed by atoms with van der Waals surface area (Å²) in [6, 6.07) is 0.384. The second kappa shape index (κ2) is 5.88. The van der Waals surface area contributed by atoms with Gasteiger partial charge in [-0.25, -0.2) is 0 Å². The van der Waals surface area contributed by atoms with E-state index < -0.39 is 5.97 Å². The number of nitrogens with zero attached hydrogens (tertiary/aromatic N) is 2. The van der Waals surface area contributed by atoms with Crippen LogP contribution in [-0.4, -0.2) is 59.6 Å². The Balaban J connectivity index is 2.41. The van der Waals surface area contributed by atoms with Crippen LogP contribution in [0.4, 0.5) is 0 Å². The zero-order chi connectivity index (χ0) is 11.3. The Morgan fingerprint density at radius 2 is 2.20 bits per heavy atom. The summed E-state index contributed by atoms with van der Waals surface area (Å²) in [7, 11) is 0. The summed E-state index contributed by atoms with van der Waals surface area (Å²) >= 11 is 0. The third-order valence-electron chi connectivity index (χ3n) is 2.90. The van der Waals surface area contributed by atoms with Gasteiger partial charge in [0, 0.05) is 25.7 Å². The van der Waals surface area contributed by atoms with Crippen molar-refractivity contribution < 1.29 is 9.90 Å². The fourth-order valence-electron chi connectivity index (χ4n) is 1.90. The van der Waals surface area contributed by atoms with E-state index in [1.165, 1.54) is 0 Å². The second-order valence-electron chi connectivity index (χ2n) is 4.04. The van der Waals surface area contributed by atoms with E-state index in [9.17, 15) is 4.79 Å². The molecule has 0 aromatic rings. The summed E-state index contributed by atoms with van der Waals surface area (Å²) in [4.78, 5) is 14.9. The molecule has 86 valence electrons. The van der Waals surface area contributed by atoms with Crippen LogP contribution in [0.15, 0.2) is 12.7 Å². The predicted molar refractivity (Wildman–Crippen MR) is 59.9 cm³/mol. The van der Waals surface area contributed by atoms with Crippen LogP contribution in [0, 0.1) is 0 Å². The molecule has 4 nitrogen and oxygen atoms in total. The highest BCUT2D eigenvalue weighted by atomic mass is 16.4. The van der Waals surface area contributed by atoms with Crippen molar-refractivity contribution in [2.45, 2.75) is 19.4 Å². The Morgan fingerprint density at radius 3 is 2.80 bits per heavy atom. The van der Waals surface area contributed by atoms with E-state index in [-0.39, 0.29) is 6.54 Å². The van der Waals surface area contributed by atoms with Crippen molar-refractivity contribution in [3.8, 4) is 0 Å². The maximum Gasteiger partial charge on any atom is 0.317 e. The lowest BCUT2D eigenvalue weighted by atomic mass is 10.2. The van der Waals surface area contributed by atoms with Crippen LogP contribution in [-0.2, 0) is 4.79 Å². The van der Waals surface area contributed by atoms with Gasteiger partial charge in [0.1, 0.15) is 0 Å². The number of carboxylic acids is 1. The lowest BCUT2D eigenvalue weighted by Crippen LogP contribution is -2.37. The average molecular weight is 212 g/mol. The van der Waals surface area contributed by atoms with Gasteiger partial charge in [-0.3, -0.25) is 14.6 Å². The Bertz CT molecular complexity index is 231. The minimum Gasteiger partial charge on any atom is -0.480 e. The van der Waals surface area contributed by atoms with Crippen molar-refractivity contribution in [2.24, 2.45) is 0 Å². The van der Waals surface area contributed by atoms with Crippen molar-refractivity contribution in [3.63, 3.8) is 0 Å². The Hall–Kier alpha value is -0.870. The van der Waals surface area contributed by atoms with Gasteiger partial charge in [-0.05, 0) is 19.9 Å². The van der Waals surface area contributed by atoms with Crippen LogP contribution in [0.1, 0.15) is 13.3 Å². The van der Waals surface area contributed by atoms with Gasteiger partial charge in [0.2, 0.25) is 0 Å². The SMILES string of the molecule is C=CC(C)N1CCCN(CC(=O)O)CC1. The summed E-state index contributed by atoms with van der Waals surface area (Å²) in [5, 5.41) is 8.71. The summed E-state index contributed by atoms with van der Waals surface area (Å²) in [6.45, 7) is 9.75. The molecule has 0 spiro atoms. The largest absolute Gasteiger partial charge is 0.480 e. The van der Waals surface area contributed by atoms with Gasteiger partial charge in [0.05, 0.1) is 6.54 Å². The van der Waals surface area contributed by atoms with E-state index in [4.69, 9.17) is 5.11 Å². The van der Waals surface area contributed by atoms with Gasteiger partial charge in [0.25, 0.3) is 0 Å². The van der Waals surface area contributed by atoms with Crippen LogP contribution < -0.4 is 0 Å². The molecule has 15 heavy (non-hydrogen) atoms. The average Bonchev–Trinajstić information content (AvgIpc) is 2.41. The van der Waals surface area contributed by atoms with E-state index in [0.717, 1.165) is 32.6 Å². The molecule has 0 bridgehead atoms. The van der Waals surface area contributed by atoms with Gasteiger partial charge in [-0.1, -0.05) is 6.08 Å². The zero-order valence-corrected chi connectivity index (χ0v) is 9.35. The maximum atomic E-state index is 10.6. The molecule has 1 aliphatic rings. The molecule has 0 saturated carbocycles. The molecule has 0 radical (unpaired) electrons. The third kappa shape index (κ3) is 4.01. The number of aliphatic carboxylic acids is 1. The van der Waals surface area contributed by atoms with Crippen LogP contribution in [0.3, 0.4) is 0 Å². The van der Waals surface area contributed by atoms with Crippen LogP contribution in [0.5, 0.6) is 0 Å². The molecule has 1 N–H and O–H groups in total. The minimum atomic E-state index is -0.736. The Kier molecular flexibility index (Phi) is 4.78. The fourth-order valence-corrected chi connectivity index (χ4v) is 1.90. The van der Waals surface area contributed by atoms with E-state index in [0.29, 0.717) is 6.04 Å². The molecule has 0 amide bonds. The van der Waals surface area contributed by atoms with Crippen molar-refractivity contribution in [2.75, 3.05) is 32.7 Å². The molecule has 1 rings (SSSR count). The molecule has 1 atom stereocenters. The summed E-state index contributed by atoms with van der Waals surface area (Å²) < 4.78 is 0. The third-order valence-corrected chi connectivity index (χ3v) is 2.90. The first kappa shape index (κ1) is 12.2. The van der Waals surface area contributed by atoms with E-state index in [2.05, 4.69) is 18.4 Å². The van der Waals surface area contributed by atoms with Crippen molar-refractivity contribution in [3.05, 3.63) is 12.7 Å². The number of hydrogen-bond donors (Lipinski definition) is 1. The number of carbonyl (C=O) groups is 1. The highest BCUT2D eigenvalue weighted by Gasteiger charge is 2.18. The first-order chi connectivity index (χ1) is 7.13. The van der Waals surface area contributed by atoms with Gasteiger partial charge >= 0.3 is 5.97 Å². The van der Waals surface area contributed by atoms with Crippen LogP contribution in [0.2, 0.25) is 0 Å². The fraction of sp³-hybridized carbons (Fsp3) is 0.727. The van der Waals surface area contributed by atoms with Gasteiger partial charge in [-0.15, -0.1) is 6.58 Å². The van der Waals surface area contributed by atoms with E-state index in [1.54, 1.807) is 0 Å². The molecule has 0 aromatic carbocycles. The number of hydrogen-bond acceptors (Lipinski definition) is 3. The molecule has 1 heterocycles. The maximum absolute atomic E-state index is 10.6. The number of carboxylic acid groups (broad SMARTS) is 1. The Labute approximate surface area is 91.2 Å². The zero-order valence-electron chi connectivity index (χ0n) is 9.35. The van der Waals surface area contributed by atoms with Crippen LogP contribution in [0.25, 0.3) is 0 Å². The van der Waals surface area contributed by atoms with Crippen molar-refractivity contribution in [1.29, 1.82) is 0 Å². The molecule has 0 aromatic heterocycles. The topological polar surface area (TPSA) is 43.8 Å².